The monoisotopic (exact) mass is 558 g/mol. The molecule has 214 valence electrons. The summed E-state index contributed by atoms with van der Waals surface area (Å²) in [5.74, 6) is 0.606. The first-order valence-corrected chi connectivity index (χ1v) is 13.5. The molecule has 3 aromatic rings. The summed E-state index contributed by atoms with van der Waals surface area (Å²) in [4.78, 5) is 52.8. The Morgan fingerprint density at radius 1 is 1.00 bits per heavy atom. The molecule has 1 saturated heterocycles. The molecule has 1 fully saturated rings. The lowest BCUT2D eigenvalue weighted by molar-refractivity contribution is -0.118. The van der Waals surface area contributed by atoms with Crippen LogP contribution >= 0.6 is 0 Å². The van der Waals surface area contributed by atoms with E-state index in [0.717, 1.165) is 16.8 Å². The summed E-state index contributed by atoms with van der Waals surface area (Å²) in [5, 5.41) is 2.93. The number of nitrogens with zero attached hydrogens (tertiary/aromatic N) is 5. The molecule has 1 N–H and O–H groups in total. The number of carbonyl (C=O) groups is 3. The first kappa shape index (κ1) is 27.9. The van der Waals surface area contributed by atoms with E-state index in [-0.39, 0.29) is 24.1 Å². The van der Waals surface area contributed by atoms with Crippen LogP contribution in [0, 0.1) is 0 Å². The van der Waals surface area contributed by atoms with E-state index in [9.17, 15) is 14.4 Å². The van der Waals surface area contributed by atoms with Gasteiger partial charge in [-0.05, 0) is 62.2 Å². The first-order chi connectivity index (χ1) is 19.6. The Bertz CT molecular complexity index is 1460. The Morgan fingerprint density at radius 3 is 2.51 bits per heavy atom. The SMILES string of the molecule is COc1ccc2c(c1)CC(=O)N(c1cccc(C(=O)Nc3cnccc3N3CCN(C(=O)OC(C)(C)C)CC3)n1)C2. The fourth-order valence-corrected chi connectivity index (χ4v) is 4.88. The lowest BCUT2D eigenvalue weighted by Crippen LogP contribution is -2.50. The van der Waals surface area contributed by atoms with E-state index in [0.29, 0.717) is 50.0 Å². The minimum atomic E-state index is -0.554. The predicted octanol–water partition coefficient (Wildman–Crippen LogP) is 3.88. The number of amides is 3. The summed E-state index contributed by atoms with van der Waals surface area (Å²) in [6.07, 6.45) is 3.16. The summed E-state index contributed by atoms with van der Waals surface area (Å²) < 4.78 is 10.8. The van der Waals surface area contributed by atoms with E-state index >= 15 is 0 Å². The molecule has 0 saturated carbocycles. The zero-order valence-electron chi connectivity index (χ0n) is 23.7. The molecule has 11 nitrogen and oxygen atoms in total. The van der Waals surface area contributed by atoms with E-state index in [4.69, 9.17) is 9.47 Å². The number of anilines is 3. The van der Waals surface area contributed by atoms with Crippen LogP contribution < -0.4 is 19.9 Å². The molecule has 0 unspecified atom stereocenters. The summed E-state index contributed by atoms with van der Waals surface area (Å²) >= 11 is 0. The predicted molar refractivity (Wildman–Crippen MR) is 154 cm³/mol. The maximum absolute atomic E-state index is 13.3. The molecule has 1 aromatic carbocycles. The van der Waals surface area contributed by atoms with E-state index in [1.165, 1.54) is 0 Å². The first-order valence-electron chi connectivity index (χ1n) is 13.5. The number of fused-ring (bicyclic) bond motifs is 1. The second-order valence-corrected chi connectivity index (χ2v) is 11.0. The van der Waals surface area contributed by atoms with E-state index in [2.05, 4.69) is 20.2 Å². The normalized spacial score (nSPS) is 15.3. The topological polar surface area (TPSA) is 117 Å². The summed E-state index contributed by atoms with van der Waals surface area (Å²) in [5.41, 5.74) is 2.89. The molecular formula is C30H34N6O5. The number of nitrogens with one attached hydrogen (secondary N) is 1. The minimum Gasteiger partial charge on any atom is -0.497 e. The molecule has 3 amide bonds. The molecule has 4 heterocycles. The maximum Gasteiger partial charge on any atom is 0.410 e. The molecule has 0 spiro atoms. The van der Waals surface area contributed by atoms with Crippen molar-refractivity contribution < 1.29 is 23.9 Å². The van der Waals surface area contributed by atoms with Crippen LogP contribution in [-0.4, -0.2) is 71.7 Å². The van der Waals surface area contributed by atoms with Gasteiger partial charge in [-0.1, -0.05) is 12.1 Å². The van der Waals surface area contributed by atoms with Crippen LogP contribution in [0.25, 0.3) is 0 Å². The molecule has 41 heavy (non-hydrogen) atoms. The molecular weight excluding hydrogens is 524 g/mol. The van der Waals surface area contributed by atoms with E-state index in [1.807, 2.05) is 45.0 Å². The van der Waals surface area contributed by atoms with E-state index in [1.54, 1.807) is 47.5 Å². The van der Waals surface area contributed by atoms with Crippen LogP contribution in [0.2, 0.25) is 0 Å². The largest absolute Gasteiger partial charge is 0.497 e. The van der Waals surface area contributed by atoms with Crippen LogP contribution in [0.4, 0.5) is 22.0 Å². The van der Waals surface area contributed by atoms with Gasteiger partial charge in [0.1, 0.15) is 22.9 Å². The molecule has 0 aliphatic carbocycles. The van der Waals surface area contributed by atoms with Crippen molar-refractivity contribution >= 4 is 35.1 Å². The van der Waals surface area contributed by atoms with Crippen LogP contribution in [0.15, 0.2) is 54.9 Å². The minimum absolute atomic E-state index is 0.101. The molecule has 11 heteroatoms. The second-order valence-electron chi connectivity index (χ2n) is 11.0. The van der Waals surface area contributed by atoms with Crippen molar-refractivity contribution in [1.82, 2.24) is 14.9 Å². The number of hydrogen-bond donors (Lipinski definition) is 1. The fourth-order valence-electron chi connectivity index (χ4n) is 4.88. The summed E-state index contributed by atoms with van der Waals surface area (Å²) in [7, 11) is 1.60. The zero-order valence-corrected chi connectivity index (χ0v) is 23.7. The number of piperazine rings is 1. The Balaban J connectivity index is 1.27. The maximum atomic E-state index is 13.3. The molecule has 0 bridgehead atoms. The van der Waals surface area contributed by atoms with Crippen molar-refractivity contribution in [3.8, 4) is 5.75 Å². The molecule has 5 rings (SSSR count). The summed E-state index contributed by atoms with van der Waals surface area (Å²) in [6, 6.07) is 12.6. The van der Waals surface area contributed by atoms with Gasteiger partial charge in [0, 0.05) is 32.4 Å². The Morgan fingerprint density at radius 2 is 1.78 bits per heavy atom. The fraction of sp³-hybridized carbons (Fsp3) is 0.367. The van der Waals surface area contributed by atoms with Gasteiger partial charge in [-0.2, -0.15) is 0 Å². The zero-order chi connectivity index (χ0) is 29.1. The van der Waals surface area contributed by atoms with Crippen molar-refractivity contribution in [1.29, 1.82) is 0 Å². The number of pyridine rings is 2. The number of ether oxygens (including phenoxy) is 2. The second kappa shape index (κ2) is 11.4. The quantitative estimate of drug-likeness (QED) is 0.502. The highest BCUT2D eigenvalue weighted by atomic mass is 16.6. The number of rotatable bonds is 5. The number of aromatic nitrogens is 2. The van der Waals surface area contributed by atoms with Gasteiger partial charge < -0.3 is 24.6 Å². The third kappa shape index (κ3) is 6.40. The van der Waals surface area contributed by atoms with Crippen LogP contribution in [-0.2, 0) is 22.5 Å². The lowest BCUT2D eigenvalue weighted by atomic mass is 9.99. The van der Waals surface area contributed by atoms with Gasteiger partial charge in [0.2, 0.25) is 5.91 Å². The third-order valence-electron chi connectivity index (χ3n) is 6.95. The number of carbonyl (C=O) groups excluding carboxylic acids is 3. The molecule has 2 aromatic heterocycles. The van der Waals surface area contributed by atoms with Gasteiger partial charge in [0.25, 0.3) is 5.91 Å². The van der Waals surface area contributed by atoms with Gasteiger partial charge >= 0.3 is 6.09 Å². The van der Waals surface area contributed by atoms with Crippen molar-refractivity contribution in [2.24, 2.45) is 0 Å². The lowest BCUT2D eigenvalue weighted by Gasteiger charge is -2.37. The third-order valence-corrected chi connectivity index (χ3v) is 6.95. The number of hydrogen-bond acceptors (Lipinski definition) is 8. The highest BCUT2D eigenvalue weighted by Gasteiger charge is 2.28. The highest BCUT2D eigenvalue weighted by Crippen LogP contribution is 2.29. The number of methoxy groups -OCH3 is 1. The van der Waals surface area contributed by atoms with Crippen molar-refractivity contribution in [3.05, 3.63) is 71.7 Å². The van der Waals surface area contributed by atoms with Gasteiger partial charge in [0.15, 0.2) is 0 Å². The van der Waals surface area contributed by atoms with Crippen LogP contribution in [0.5, 0.6) is 5.75 Å². The molecule has 0 atom stereocenters. The van der Waals surface area contributed by atoms with Crippen molar-refractivity contribution in [3.63, 3.8) is 0 Å². The Kier molecular flexibility index (Phi) is 7.78. The summed E-state index contributed by atoms with van der Waals surface area (Å²) in [6.45, 7) is 8.03. The van der Waals surface area contributed by atoms with Gasteiger partial charge in [0.05, 0.1) is 37.6 Å². The van der Waals surface area contributed by atoms with Gasteiger partial charge in [-0.25, -0.2) is 9.78 Å². The molecule has 0 radical (unpaired) electrons. The smallest absolute Gasteiger partial charge is 0.410 e. The van der Waals surface area contributed by atoms with Crippen molar-refractivity contribution in [2.75, 3.05) is 48.4 Å². The van der Waals surface area contributed by atoms with Crippen molar-refractivity contribution in [2.45, 2.75) is 39.3 Å². The Labute approximate surface area is 239 Å². The Hall–Kier alpha value is -4.67. The molecule has 2 aliphatic rings. The van der Waals surface area contributed by atoms with E-state index < -0.39 is 11.5 Å². The van der Waals surface area contributed by atoms with Crippen LogP contribution in [0.3, 0.4) is 0 Å². The average molecular weight is 559 g/mol. The van der Waals surface area contributed by atoms with Crippen LogP contribution in [0.1, 0.15) is 42.4 Å². The van der Waals surface area contributed by atoms with Gasteiger partial charge in [-0.3, -0.25) is 19.5 Å². The van der Waals surface area contributed by atoms with Gasteiger partial charge in [-0.15, -0.1) is 0 Å². The number of benzene rings is 1. The average Bonchev–Trinajstić information content (AvgIpc) is 2.96. The molecule has 2 aliphatic heterocycles. The highest BCUT2D eigenvalue weighted by molar-refractivity contribution is 6.05. The standard InChI is InChI=1S/C30H34N6O5/c1-30(2,3)41-29(39)35-14-12-34(13-15-35)25-10-11-31-18-24(25)33-28(38)23-6-5-7-26(32-23)36-19-20-8-9-22(40-4)16-21(20)17-27(36)37/h5-11,16,18H,12-15,17,19H2,1-4H3,(H,33,38).